The number of benzene rings is 3. The molecule has 0 atom stereocenters. The van der Waals surface area contributed by atoms with Crippen LogP contribution in [0.5, 0.6) is 17.2 Å². The fourth-order valence-corrected chi connectivity index (χ4v) is 5.75. The average Bonchev–Trinajstić information content (AvgIpc) is 3.42. The maximum Gasteiger partial charge on any atom is 0.230 e. The Morgan fingerprint density at radius 2 is 1.68 bits per heavy atom. The number of para-hydroxylation sites is 2. The van der Waals surface area contributed by atoms with Crippen LogP contribution in [0.2, 0.25) is 0 Å². The summed E-state index contributed by atoms with van der Waals surface area (Å²) in [7, 11) is 1.64. The van der Waals surface area contributed by atoms with Crippen molar-refractivity contribution in [3.63, 3.8) is 0 Å². The SMILES string of the molecule is COc1ccccc1Oc1cccc(CN2CCC(NC(=O)C3(c4ccc(F)cc4)CCCC3)CC2)c1. The lowest BCUT2D eigenvalue weighted by atomic mass is 9.77. The molecule has 3 aromatic rings. The predicted molar refractivity (Wildman–Crippen MR) is 142 cm³/mol. The average molecular weight is 503 g/mol. The van der Waals surface area contributed by atoms with Crippen molar-refractivity contribution in [1.82, 2.24) is 10.2 Å². The van der Waals surface area contributed by atoms with Gasteiger partial charge in [-0.2, -0.15) is 0 Å². The standard InChI is InChI=1S/C31H35FN2O3/c1-36-28-9-2-3-10-29(28)37-27-8-6-7-23(21-27)22-34-19-15-26(16-20-34)33-30(35)31(17-4-5-18-31)24-11-13-25(32)14-12-24/h2-3,6-14,21,26H,4-5,15-20,22H2,1H3,(H,33,35). The van der Waals surface area contributed by atoms with Gasteiger partial charge in [0.15, 0.2) is 11.5 Å². The van der Waals surface area contributed by atoms with Gasteiger partial charge in [0.25, 0.3) is 0 Å². The van der Waals surface area contributed by atoms with E-state index in [-0.39, 0.29) is 17.8 Å². The summed E-state index contributed by atoms with van der Waals surface area (Å²) >= 11 is 0. The smallest absolute Gasteiger partial charge is 0.230 e. The van der Waals surface area contributed by atoms with Gasteiger partial charge in [-0.05, 0) is 73.2 Å². The zero-order valence-electron chi connectivity index (χ0n) is 21.4. The van der Waals surface area contributed by atoms with Gasteiger partial charge in [0, 0.05) is 25.7 Å². The number of piperidine rings is 1. The molecule has 1 aliphatic carbocycles. The summed E-state index contributed by atoms with van der Waals surface area (Å²) in [5.41, 5.74) is 1.61. The lowest BCUT2D eigenvalue weighted by molar-refractivity contribution is -0.127. The molecule has 1 amide bonds. The number of ether oxygens (including phenoxy) is 2. The highest BCUT2D eigenvalue weighted by molar-refractivity contribution is 5.88. The summed E-state index contributed by atoms with van der Waals surface area (Å²) in [6, 6.07) is 22.5. The number of nitrogens with one attached hydrogen (secondary N) is 1. The number of halogens is 1. The second-order valence-electron chi connectivity index (χ2n) is 10.2. The first kappa shape index (κ1) is 25.3. The van der Waals surface area contributed by atoms with Gasteiger partial charge in [-0.3, -0.25) is 9.69 Å². The molecule has 1 heterocycles. The second-order valence-corrected chi connectivity index (χ2v) is 10.2. The Balaban J connectivity index is 1.16. The highest BCUT2D eigenvalue weighted by atomic mass is 19.1. The third-order valence-electron chi connectivity index (χ3n) is 7.81. The van der Waals surface area contributed by atoms with Crippen LogP contribution in [0.3, 0.4) is 0 Å². The molecule has 194 valence electrons. The molecule has 1 saturated carbocycles. The Hall–Kier alpha value is -3.38. The molecule has 0 radical (unpaired) electrons. The Morgan fingerprint density at radius 3 is 2.38 bits per heavy atom. The maximum atomic E-state index is 13.5. The molecule has 2 fully saturated rings. The van der Waals surface area contributed by atoms with E-state index in [4.69, 9.17) is 9.47 Å². The zero-order valence-corrected chi connectivity index (χ0v) is 21.4. The third kappa shape index (κ3) is 5.80. The van der Waals surface area contributed by atoms with E-state index in [9.17, 15) is 9.18 Å². The quantitative estimate of drug-likeness (QED) is 0.397. The van der Waals surface area contributed by atoms with E-state index in [1.54, 1.807) is 19.2 Å². The molecule has 5 rings (SSSR count). The van der Waals surface area contributed by atoms with Crippen LogP contribution in [0, 0.1) is 5.82 Å². The Bertz CT molecular complexity index is 1200. The second kappa shape index (κ2) is 11.3. The number of hydrogen-bond donors (Lipinski definition) is 1. The summed E-state index contributed by atoms with van der Waals surface area (Å²) in [5.74, 6) is 2.03. The van der Waals surface area contributed by atoms with Gasteiger partial charge in [0.05, 0.1) is 12.5 Å². The van der Waals surface area contributed by atoms with Crippen molar-refractivity contribution in [1.29, 1.82) is 0 Å². The van der Waals surface area contributed by atoms with Gasteiger partial charge < -0.3 is 14.8 Å². The van der Waals surface area contributed by atoms with Crippen LogP contribution < -0.4 is 14.8 Å². The van der Waals surface area contributed by atoms with Crippen LogP contribution in [0.15, 0.2) is 72.8 Å². The minimum Gasteiger partial charge on any atom is -0.493 e. The maximum absolute atomic E-state index is 13.5. The number of amides is 1. The number of rotatable bonds is 8. The van der Waals surface area contributed by atoms with Gasteiger partial charge >= 0.3 is 0 Å². The zero-order chi connectivity index (χ0) is 25.7. The molecule has 1 N–H and O–H groups in total. The van der Waals surface area contributed by atoms with Gasteiger partial charge in [0.1, 0.15) is 11.6 Å². The van der Waals surface area contributed by atoms with Crippen LogP contribution in [0.1, 0.15) is 49.7 Å². The summed E-state index contributed by atoms with van der Waals surface area (Å²) in [6.45, 7) is 2.68. The van der Waals surface area contributed by atoms with Crippen molar-refractivity contribution in [3.05, 3.63) is 89.7 Å². The van der Waals surface area contributed by atoms with E-state index in [0.29, 0.717) is 11.5 Å². The van der Waals surface area contributed by atoms with E-state index in [1.165, 1.54) is 17.7 Å². The Kier molecular flexibility index (Phi) is 7.75. The molecule has 1 aliphatic heterocycles. The highest BCUT2D eigenvalue weighted by Gasteiger charge is 2.43. The predicted octanol–water partition coefficient (Wildman–Crippen LogP) is 6.22. The van der Waals surface area contributed by atoms with Crippen molar-refractivity contribution >= 4 is 5.91 Å². The van der Waals surface area contributed by atoms with Crippen LogP contribution in [0.25, 0.3) is 0 Å². The van der Waals surface area contributed by atoms with Crippen molar-refractivity contribution in [3.8, 4) is 17.2 Å². The van der Waals surface area contributed by atoms with E-state index in [1.807, 2.05) is 36.4 Å². The summed E-state index contributed by atoms with van der Waals surface area (Å²) in [6.07, 6.45) is 5.56. The number of likely N-dealkylation sites (tertiary alicyclic amines) is 1. The first-order valence-electron chi connectivity index (χ1n) is 13.2. The minimum atomic E-state index is -0.521. The monoisotopic (exact) mass is 502 g/mol. The lowest BCUT2D eigenvalue weighted by Gasteiger charge is -2.35. The number of carbonyl (C=O) groups excluding carboxylic acids is 1. The molecular weight excluding hydrogens is 467 g/mol. The van der Waals surface area contributed by atoms with Crippen molar-refractivity contribution in [2.75, 3.05) is 20.2 Å². The third-order valence-corrected chi connectivity index (χ3v) is 7.81. The van der Waals surface area contributed by atoms with E-state index in [0.717, 1.165) is 69.5 Å². The molecule has 6 heteroatoms. The van der Waals surface area contributed by atoms with E-state index in [2.05, 4.69) is 22.3 Å². The summed E-state index contributed by atoms with van der Waals surface area (Å²) in [4.78, 5) is 15.9. The first-order chi connectivity index (χ1) is 18.1. The lowest BCUT2D eigenvalue weighted by Crippen LogP contribution is -2.50. The molecule has 5 nitrogen and oxygen atoms in total. The largest absolute Gasteiger partial charge is 0.493 e. The number of carbonyl (C=O) groups is 1. The van der Waals surface area contributed by atoms with Crippen LogP contribution >= 0.6 is 0 Å². The first-order valence-corrected chi connectivity index (χ1v) is 13.2. The summed E-state index contributed by atoms with van der Waals surface area (Å²) < 4.78 is 25.0. The van der Waals surface area contributed by atoms with Crippen LogP contribution in [-0.2, 0) is 16.8 Å². The molecule has 3 aromatic carbocycles. The van der Waals surface area contributed by atoms with Gasteiger partial charge in [0.2, 0.25) is 5.91 Å². The van der Waals surface area contributed by atoms with E-state index < -0.39 is 5.41 Å². The van der Waals surface area contributed by atoms with Crippen molar-refractivity contribution in [2.24, 2.45) is 0 Å². The molecule has 1 saturated heterocycles. The number of nitrogens with zero attached hydrogens (tertiary/aromatic N) is 1. The molecule has 2 aliphatic rings. The molecule has 0 spiro atoms. The van der Waals surface area contributed by atoms with Gasteiger partial charge in [-0.1, -0.05) is 49.2 Å². The van der Waals surface area contributed by atoms with Crippen LogP contribution in [0.4, 0.5) is 4.39 Å². The highest BCUT2D eigenvalue weighted by Crippen LogP contribution is 2.41. The summed E-state index contributed by atoms with van der Waals surface area (Å²) in [5, 5.41) is 3.36. The fraction of sp³-hybridized carbons (Fsp3) is 0.387. The fourth-order valence-electron chi connectivity index (χ4n) is 5.75. The van der Waals surface area contributed by atoms with Gasteiger partial charge in [-0.25, -0.2) is 4.39 Å². The van der Waals surface area contributed by atoms with Crippen molar-refractivity contribution < 1.29 is 18.7 Å². The molecular formula is C31H35FN2O3. The molecule has 37 heavy (non-hydrogen) atoms. The van der Waals surface area contributed by atoms with Crippen LogP contribution in [-0.4, -0.2) is 37.0 Å². The molecule has 0 bridgehead atoms. The topological polar surface area (TPSA) is 50.8 Å². The number of hydrogen-bond acceptors (Lipinski definition) is 4. The van der Waals surface area contributed by atoms with Crippen molar-refractivity contribution in [2.45, 2.75) is 56.5 Å². The minimum absolute atomic E-state index is 0.108. The van der Waals surface area contributed by atoms with E-state index >= 15 is 0 Å². The normalized spacial score (nSPS) is 17.9. The number of methoxy groups -OCH3 is 1. The Morgan fingerprint density at radius 1 is 0.973 bits per heavy atom. The molecule has 0 aromatic heterocycles. The molecule has 0 unspecified atom stereocenters. The Labute approximate surface area is 218 Å². The van der Waals surface area contributed by atoms with Gasteiger partial charge in [-0.15, -0.1) is 0 Å².